The van der Waals surface area contributed by atoms with Crippen molar-refractivity contribution in [3.8, 4) is 22.6 Å². The zero-order chi connectivity index (χ0) is 40.9. The zero-order valence-corrected chi connectivity index (χ0v) is 33.4. The highest BCUT2D eigenvalue weighted by atomic mass is 16.7. The van der Waals surface area contributed by atoms with Gasteiger partial charge in [0.2, 0.25) is 0 Å². The number of carbonyl (C=O) groups is 1. The van der Waals surface area contributed by atoms with Crippen molar-refractivity contribution in [3.05, 3.63) is 221 Å². The number of hydrogen-bond donors (Lipinski definition) is 3. The maximum absolute atomic E-state index is 12.8. The normalized spacial score (nSPS) is 16.3. The van der Waals surface area contributed by atoms with Gasteiger partial charge in [0.15, 0.2) is 6.29 Å². The maximum Gasteiger partial charge on any atom is 0.319 e. The maximum atomic E-state index is 12.8. The molecule has 0 aromatic heterocycles. The van der Waals surface area contributed by atoms with Gasteiger partial charge in [-0.05, 0) is 81.4 Å². The molecular weight excluding hydrogens is 747 g/mol. The van der Waals surface area contributed by atoms with Crippen LogP contribution >= 0.6 is 0 Å². The Labute approximate surface area is 352 Å². The van der Waals surface area contributed by atoms with Gasteiger partial charge in [0.1, 0.15) is 11.5 Å². The van der Waals surface area contributed by atoms with E-state index in [2.05, 4.69) is 125 Å². The molecule has 0 aliphatic carbocycles. The molecule has 1 saturated heterocycles. The molecule has 8 nitrogen and oxygen atoms in total. The van der Waals surface area contributed by atoms with Gasteiger partial charge in [-0.25, -0.2) is 4.79 Å². The second-order valence-electron chi connectivity index (χ2n) is 15.1. The number of ether oxygens (including phenoxy) is 3. The van der Waals surface area contributed by atoms with E-state index in [9.17, 15) is 9.90 Å². The Bertz CT molecular complexity index is 2350. The average Bonchev–Trinajstić information content (AvgIpc) is 3.30. The lowest BCUT2D eigenvalue weighted by Crippen LogP contribution is -2.39. The molecule has 3 atom stereocenters. The Kier molecular flexibility index (Phi) is 13.4. The van der Waals surface area contributed by atoms with Crippen LogP contribution in [0.4, 0.5) is 10.5 Å². The molecule has 0 saturated carbocycles. The quantitative estimate of drug-likeness (QED) is 0.0957. The van der Waals surface area contributed by atoms with E-state index >= 15 is 0 Å². The van der Waals surface area contributed by atoms with Crippen molar-refractivity contribution >= 4 is 11.7 Å². The molecule has 8 rings (SSSR count). The number of aliphatic hydroxyl groups is 1. The predicted molar refractivity (Wildman–Crippen MR) is 236 cm³/mol. The van der Waals surface area contributed by atoms with Crippen LogP contribution in [0.25, 0.3) is 11.1 Å². The molecule has 8 heteroatoms. The minimum atomic E-state index is -0.572. The van der Waals surface area contributed by atoms with E-state index in [4.69, 9.17) is 14.2 Å². The Morgan fingerprint density at radius 1 is 0.600 bits per heavy atom. The summed E-state index contributed by atoms with van der Waals surface area (Å²) in [5.74, 6) is 1.44. The van der Waals surface area contributed by atoms with Crippen LogP contribution in [-0.2, 0) is 35.7 Å². The van der Waals surface area contributed by atoms with Gasteiger partial charge in [-0.3, -0.25) is 4.90 Å². The van der Waals surface area contributed by atoms with Crippen LogP contribution in [-0.4, -0.2) is 28.7 Å². The summed E-state index contributed by atoms with van der Waals surface area (Å²) >= 11 is 0. The van der Waals surface area contributed by atoms with E-state index < -0.39 is 6.29 Å². The minimum Gasteiger partial charge on any atom is -0.457 e. The van der Waals surface area contributed by atoms with E-state index in [1.54, 1.807) is 0 Å². The van der Waals surface area contributed by atoms with Crippen LogP contribution < -0.4 is 15.4 Å². The van der Waals surface area contributed by atoms with Crippen molar-refractivity contribution in [2.24, 2.45) is 0 Å². The summed E-state index contributed by atoms with van der Waals surface area (Å²) in [4.78, 5) is 15.3. The van der Waals surface area contributed by atoms with Crippen LogP contribution in [0, 0.1) is 0 Å². The van der Waals surface area contributed by atoms with E-state index in [1.807, 2.05) is 78.9 Å². The van der Waals surface area contributed by atoms with Crippen LogP contribution in [0.15, 0.2) is 188 Å². The third-order valence-electron chi connectivity index (χ3n) is 10.6. The molecule has 7 aromatic rings. The summed E-state index contributed by atoms with van der Waals surface area (Å²) in [6.45, 7) is 2.68. The number of anilines is 1. The van der Waals surface area contributed by atoms with Crippen molar-refractivity contribution in [2.75, 3.05) is 11.9 Å². The monoisotopic (exact) mass is 795 g/mol. The van der Waals surface area contributed by atoms with Gasteiger partial charge in [0.05, 0.1) is 18.8 Å². The van der Waals surface area contributed by atoms with Crippen molar-refractivity contribution in [1.82, 2.24) is 10.2 Å². The molecule has 1 fully saturated rings. The van der Waals surface area contributed by atoms with Crippen LogP contribution in [0.3, 0.4) is 0 Å². The number of rotatable bonds is 15. The Hall–Kier alpha value is -6.55. The number of carbonyl (C=O) groups excluding carboxylic acids is 1. The second-order valence-corrected chi connectivity index (χ2v) is 15.1. The lowest BCUT2D eigenvalue weighted by Gasteiger charge is -2.38. The van der Waals surface area contributed by atoms with Crippen LogP contribution in [0.2, 0.25) is 0 Å². The highest BCUT2D eigenvalue weighted by Gasteiger charge is 2.33. The molecular formula is C52H49N3O5. The molecule has 0 spiro atoms. The van der Waals surface area contributed by atoms with Crippen molar-refractivity contribution in [2.45, 2.75) is 51.2 Å². The molecule has 0 radical (unpaired) electrons. The highest BCUT2D eigenvalue weighted by molar-refractivity contribution is 5.89. The molecule has 2 amide bonds. The largest absolute Gasteiger partial charge is 0.457 e. The first-order valence-corrected chi connectivity index (χ1v) is 20.4. The summed E-state index contributed by atoms with van der Waals surface area (Å²) in [5.41, 5.74) is 9.10. The topological polar surface area (TPSA) is 92.3 Å². The van der Waals surface area contributed by atoms with Gasteiger partial charge < -0.3 is 30.0 Å². The molecule has 3 N–H and O–H groups in total. The first-order valence-electron chi connectivity index (χ1n) is 20.4. The molecule has 0 bridgehead atoms. The summed E-state index contributed by atoms with van der Waals surface area (Å²) in [6.07, 6.45) is -0.169. The molecule has 1 heterocycles. The van der Waals surface area contributed by atoms with Crippen molar-refractivity contribution in [1.29, 1.82) is 0 Å². The number of hydrogen-bond acceptors (Lipinski definition) is 6. The van der Waals surface area contributed by atoms with Crippen molar-refractivity contribution in [3.63, 3.8) is 0 Å². The van der Waals surface area contributed by atoms with E-state index in [-0.39, 0.29) is 24.8 Å². The summed E-state index contributed by atoms with van der Waals surface area (Å²) in [6, 6.07) is 62.2. The molecule has 3 unspecified atom stereocenters. The second kappa shape index (κ2) is 19.9. The molecule has 7 aromatic carbocycles. The van der Waals surface area contributed by atoms with E-state index in [0.29, 0.717) is 24.4 Å². The van der Waals surface area contributed by atoms with Gasteiger partial charge in [-0.2, -0.15) is 0 Å². The van der Waals surface area contributed by atoms with Crippen LogP contribution in [0.1, 0.15) is 52.2 Å². The smallest absolute Gasteiger partial charge is 0.319 e. The van der Waals surface area contributed by atoms with Gasteiger partial charge in [0, 0.05) is 43.9 Å². The highest BCUT2D eigenvalue weighted by Crippen LogP contribution is 2.39. The molecule has 1 aliphatic rings. The first-order chi connectivity index (χ1) is 29.5. The SMILES string of the molecule is O=C(NCc1cccc(-c2ccc(C3OC(CN(Cc4ccccc4)Cc4ccccc4)CC(c4ccc(CO)cc4)O3)cc2)c1)Nc1ccc(Oc2ccccc2)cc1. The Morgan fingerprint density at radius 3 is 1.85 bits per heavy atom. The number of nitrogens with one attached hydrogen (secondary N) is 2. The Balaban J connectivity index is 0.929. The van der Waals surface area contributed by atoms with Crippen LogP contribution in [0.5, 0.6) is 11.5 Å². The number of nitrogens with zero attached hydrogens (tertiary/aromatic N) is 1. The standard InChI is InChI=1S/C52H49N3O5/c56-37-40-19-21-43(22-20-40)50-32-49(36-55(34-38-11-4-1-5-12-38)35-39-13-6-2-7-14-39)59-51(60-50)44-25-23-42(24-26-44)45-16-10-15-41(31-45)33-53-52(57)54-46-27-29-48(30-28-46)58-47-17-8-3-9-18-47/h1-31,49-51,56H,32-37H2,(H2,53,54,57). The van der Waals surface area contributed by atoms with Crippen molar-refractivity contribution < 1.29 is 24.1 Å². The van der Waals surface area contributed by atoms with Gasteiger partial charge in [-0.15, -0.1) is 0 Å². The summed E-state index contributed by atoms with van der Waals surface area (Å²) in [7, 11) is 0. The predicted octanol–water partition coefficient (Wildman–Crippen LogP) is 11.2. The lowest BCUT2D eigenvalue weighted by molar-refractivity contribution is -0.253. The summed E-state index contributed by atoms with van der Waals surface area (Å²) in [5, 5.41) is 15.6. The first kappa shape index (κ1) is 40.2. The molecule has 1 aliphatic heterocycles. The van der Waals surface area contributed by atoms with Gasteiger partial charge in [0.25, 0.3) is 0 Å². The Morgan fingerprint density at radius 2 is 1.20 bits per heavy atom. The van der Waals surface area contributed by atoms with Gasteiger partial charge in [-0.1, -0.05) is 146 Å². The summed E-state index contributed by atoms with van der Waals surface area (Å²) < 4.78 is 19.4. The number of para-hydroxylation sites is 1. The average molecular weight is 796 g/mol. The third kappa shape index (κ3) is 11.1. The van der Waals surface area contributed by atoms with E-state index in [1.165, 1.54) is 11.1 Å². The number of aliphatic hydroxyl groups excluding tert-OH is 1. The third-order valence-corrected chi connectivity index (χ3v) is 10.6. The fourth-order valence-corrected chi connectivity index (χ4v) is 7.47. The van der Waals surface area contributed by atoms with Gasteiger partial charge >= 0.3 is 6.03 Å². The van der Waals surface area contributed by atoms with E-state index in [0.717, 1.165) is 58.8 Å². The molecule has 302 valence electrons. The zero-order valence-electron chi connectivity index (χ0n) is 33.4. The molecule has 60 heavy (non-hydrogen) atoms. The lowest BCUT2D eigenvalue weighted by atomic mass is 9.98. The minimum absolute atomic E-state index is 0.00317. The number of urea groups is 1. The number of amides is 2. The fourth-order valence-electron chi connectivity index (χ4n) is 7.47. The number of benzene rings is 7. The fraction of sp³-hybridized carbons (Fsp3) is 0.173.